The molecule has 274 valence electrons. The van der Waals surface area contributed by atoms with Crippen molar-refractivity contribution < 1.29 is 49.5 Å². The monoisotopic (exact) mass is 770 g/mol. The quantitative estimate of drug-likeness (QED) is 0.114. The first-order valence-corrected chi connectivity index (χ1v) is 16.6. The molecule has 19 heteroatoms. The number of hydrogen-bond acceptors (Lipinski definition) is 9. The van der Waals surface area contributed by atoms with Gasteiger partial charge in [-0.2, -0.15) is 0 Å². The highest BCUT2D eigenvalue weighted by Gasteiger charge is 2.36. The predicted octanol–water partition coefficient (Wildman–Crippen LogP) is 4.87. The number of carboxylic acid groups (broad SMARTS) is 5. The number of fused-ring (bicyclic) bond motifs is 20. The zero-order valence-electron chi connectivity index (χ0n) is 27.7. The summed E-state index contributed by atoms with van der Waals surface area (Å²) in [5.41, 5.74) is -5.62. The minimum atomic E-state index is -2.06. The van der Waals surface area contributed by atoms with Gasteiger partial charge in [-0.3, -0.25) is 0 Å². The van der Waals surface area contributed by atoms with Crippen LogP contribution in [0.5, 0.6) is 0 Å². The summed E-state index contributed by atoms with van der Waals surface area (Å²) in [4.78, 5) is 95.0. The zero-order chi connectivity index (χ0) is 39.3. The van der Waals surface area contributed by atoms with E-state index < -0.39 is 79.4 Å². The Kier molecular flexibility index (Phi) is 7.19. The highest BCUT2D eigenvalue weighted by Crippen LogP contribution is 2.40. The molecule has 0 saturated carbocycles. The molecule has 0 amide bonds. The number of halogens is 1. The summed E-state index contributed by atoms with van der Waals surface area (Å²) in [6.45, 7) is 0. The van der Waals surface area contributed by atoms with Crippen LogP contribution in [-0.4, -0.2) is 75.3 Å². The van der Waals surface area contributed by atoms with Gasteiger partial charge in [0.15, 0.2) is 0 Å². The number of aromatic carboxylic acids is 5. The molecule has 5 heterocycles. The number of carbonyl (C=O) groups is 5. The Morgan fingerprint density at radius 1 is 0.393 bits per heavy atom. The van der Waals surface area contributed by atoms with E-state index in [2.05, 4.69) is 29.9 Å². The maximum atomic E-state index is 13.0. The van der Waals surface area contributed by atoms with Crippen LogP contribution in [0.1, 0.15) is 51.8 Å². The fourth-order valence-electron chi connectivity index (χ4n) is 7.21. The van der Waals surface area contributed by atoms with Crippen molar-refractivity contribution in [2.24, 2.45) is 20.0 Å². The molecule has 9 rings (SSSR count). The SMILES string of the molecule is O=C(O)c1c(C(=O)O)c(C(=O)O)c2c3[nH]c(c2c1C(=O)O)=Nc1[nH]c(c2ccccc12)N=c1[nH]c(c2ccccc12)=Nc1[nH]c(c2c(C(=O)O)c(Cl)ccc12)N=3. The molecule has 0 radical (unpaired) electrons. The van der Waals surface area contributed by atoms with E-state index in [0.717, 1.165) is 0 Å². The number of nitrogens with one attached hydrogen (secondary N) is 4. The van der Waals surface area contributed by atoms with Gasteiger partial charge in [0.1, 0.15) is 45.2 Å². The Hall–Kier alpha value is -8.12. The van der Waals surface area contributed by atoms with Crippen LogP contribution >= 0.6 is 11.6 Å². The molecule has 0 spiro atoms. The Balaban J connectivity index is 1.61. The van der Waals surface area contributed by atoms with Gasteiger partial charge >= 0.3 is 29.8 Å². The molecule has 1 aliphatic heterocycles. The van der Waals surface area contributed by atoms with Crippen molar-refractivity contribution in [3.05, 3.63) is 115 Å². The van der Waals surface area contributed by atoms with E-state index in [1.165, 1.54) is 12.1 Å². The molecule has 0 aliphatic carbocycles. The standard InChI is InChI=1S/C37H19ClN8O10/c38-16-10-9-15-17(18(16)33(47)48)30-44-29(15)42-27-12-6-2-1-5-11(12)25(40-27)39-26-13-7-3-4-8-14(13)28(41-26)43-31-19-20(32(45-30)46-31)22(35(51)52)24(37(55)56)23(36(53)54)21(19)34(49)50/h1-10H,(H,47,48)(H,49,50)(H,51,52)(H,53,54)(H,55,56)(H4,39,40,41,42,43,44,45,46). The zero-order valence-corrected chi connectivity index (χ0v) is 28.5. The first kappa shape index (κ1) is 33.7. The molecule has 8 bridgehead atoms. The molecular weight excluding hydrogens is 752 g/mol. The van der Waals surface area contributed by atoms with Crippen LogP contribution in [-0.2, 0) is 0 Å². The summed E-state index contributed by atoms with van der Waals surface area (Å²) in [6, 6.07) is 16.9. The normalized spacial score (nSPS) is 12.2. The topological polar surface area (TPSA) is 299 Å². The lowest BCUT2D eigenvalue weighted by Gasteiger charge is -2.11. The summed E-state index contributed by atoms with van der Waals surface area (Å²) in [5, 5.41) is 52.7. The first-order chi connectivity index (χ1) is 26.8. The van der Waals surface area contributed by atoms with Gasteiger partial charge in [0.25, 0.3) is 0 Å². The van der Waals surface area contributed by atoms with E-state index >= 15 is 0 Å². The number of benzene rings is 4. The third-order valence-electron chi connectivity index (χ3n) is 9.41. The summed E-state index contributed by atoms with van der Waals surface area (Å²) >= 11 is 6.41. The van der Waals surface area contributed by atoms with Crippen LogP contribution in [0.15, 0.2) is 80.6 Å². The van der Waals surface area contributed by atoms with Gasteiger partial charge in [-0.05, 0) is 12.1 Å². The molecule has 0 saturated heterocycles. The highest BCUT2D eigenvalue weighted by atomic mass is 35.5. The van der Waals surface area contributed by atoms with Crippen LogP contribution in [0.3, 0.4) is 0 Å². The lowest BCUT2D eigenvalue weighted by atomic mass is 9.90. The molecule has 0 fully saturated rings. The van der Waals surface area contributed by atoms with Gasteiger partial charge in [0, 0.05) is 43.1 Å². The fraction of sp³-hybridized carbons (Fsp3) is 0. The molecule has 56 heavy (non-hydrogen) atoms. The second-order valence-corrected chi connectivity index (χ2v) is 12.9. The fourth-order valence-corrected chi connectivity index (χ4v) is 7.45. The van der Waals surface area contributed by atoms with Gasteiger partial charge in [-0.15, -0.1) is 0 Å². The van der Waals surface area contributed by atoms with Crippen LogP contribution < -0.4 is 22.0 Å². The maximum absolute atomic E-state index is 13.0. The lowest BCUT2D eigenvalue weighted by Crippen LogP contribution is -2.22. The largest absolute Gasteiger partial charge is 0.478 e. The van der Waals surface area contributed by atoms with Crippen LogP contribution in [0.4, 0.5) is 23.3 Å². The number of hydrogen-bond donors (Lipinski definition) is 9. The van der Waals surface area contributed by atoms with E-state index in [-0.39, 0.29) is 39.1 Å². The summed E-state index contributed by atoms with van der Waals surface area (Å²) in [6.07, 6.45) is 0. The molecule has 9 N–H and O–H groups in total. The minimum absolute atomic E-state index is 0.0565. The van der Waals surface area contributed by atoms with E-state index in [4.69, 9.17) is 21.6 Å². The molecule has 18 nitrogen and oxygen atoms in total. The number of rotatable bonds is 5. The highest BCUT2D eigenvalue weighted by molar-refractivity contribution is 6.36. The number of H-pyrrole nitrogens is 4. The Morgan fingerprint density at radius 2 is 0.768 bits per heavy atom. The minimum Gasteiger partial charge on any atom is -0.478 e. The maximum Gasteiger partial charge on any atom is 0.337 e. The second kappa shape index (κ2) is 11.9. The number of aromatic amines is 4. The third-order valence-corrected chi connectivity index (χ3v) is 9.72. The van der Waals surface area contributed by atoms with Gasteiger partial charge in [0.05, 0.1) is 32.8 Å². The first-order valence-electron chi connectivity index (χ1n) is 16.2. The number of nitrogens with zero attached hydrogens (tertiary/aromatic N) is 4. The van der Waals surface area contributed by atoms with Crippen LogP contribution in [0.25, 0.3) is 43.1 Å². The number of aromatic nitrogens is 4. The van der Waals surface area contributed by atoms with E-state index in [1.54, 1.807) is 42.5 Å². The van der Waals surface area contributed by atoms with Crippen molar-refractivity contribution in [3.8, 4) is 0 Å². The average molecular weight is 771 g/mol. The van der Waals surface area contributed by atoms with Crippen molar-refractivity contribution in [2.45, 2.75) is 0 Å². The van der Waals surface area contributed by atoms with Crippen molar-refractivity contribution in [2.75, 3.05) is 0 Å². The smallest absolute Gasteiger partial charge is 0.337 e. The summed E-state index contributed by atoms with van der Waals surface area (Å²) in [5.74, 6) is -9.32. The number of carboxylic acids is 5. The van der Waals surface area contributed by atoms with E-state index in [9.17, 15) is 49.5 Å². The second-order valence-electron chi connectivity index (χ2n) is 12.4. The Bertz CT molecular complexity index is 3450. The average Bonchev–Trinajstić information content (AvgIpc) is 3.89. The molecule has 1 aliphatic rings. The van der Waals surface area contributed by atoms with Crippen LogP contribution in [0, 0.1) is 0 Å². The van der Waals surface area contributed by atoms with E-state index in [1.807, 2.05) is 6.07 Å². The predicted molar refractivity (Wildman–Crippen MR) is 196 cm³/mol. The summed E-state index contributed by atoms with van der Waals surface area (Å²) in [7, 11) is 0. The molecule has 0 atom stereocenters. The van der Waals surface area contributed by atoms with E-state index in [0.29, 0.717) is 32.5 Å². The van der Waals surface area contributed by atoms with Crippen molar-refractivity contribution >= 4 is 108 Å². The Morgan fingerprint density at radius 3 is 1.23 bits per heavy atom. The van der Waals surface area contributed by atoms with Gasteiger partial charge in [-0.1, -0.05) is 60.1 Å². The van der Waals surface area contributed by atoms with Crippen molar-refractivity contribution in [1.29, 1.82) is 0 Å². The lowest BCUT2D eigenvalue weighted by molar-refractivity contribution is 0.0621. The van der Waals surface area contributed by atoms with Gasteiger partial charge < -0.3 is 45.5 Å². The third kappa shape index (κ3) is 4.79. The molecule has 4 aromatic heterocycles. The van der Waals surface area contributed by atoms with Crippen molar-refractivity contribution in [3.63, 3.8) is 0 Å². The van der Waals surface area contributed by atoms with Crippen molar-refractivity contribution in [1.82, 2.24) is 19.9 Å². The van der Waals surface area contributed by atoms with Gasteiger partial charge in [0.2, 0.25) is 0 Å². The molecule has 0 unspecified atom stereocenters. The summed E-state index contributed by atoms with van der Waals surface area (Å²) < 4.78 is 0. The van der Waals surface area contributed by atoms with Gasteiger partial charge in [-0.25, -0.2) is 43.9 Å². The Labute approximate surface area is 312 Å². The molecule has 8 aromatic rings. The molecule has 4 aromatic carbocycles. The van der Waals surface area contributed by atoms with Crippen LogP contribution in [0.2, 0.25) is 5.02 Å². The molecular formula is C37H19ClN8O10.